The summed E-state index contributed by atoms with van der Waals surface area (Å²) in [5, 5.41) is 4.74. The molecule has 0 aliphatic heterocycles. The first-order chi connectivity index (χ1) is 11.2. The lowest BCUT2D eigenvalue weighted by Gasteiger charge is -2.28. The van der Waals surface area contributed by atoms with E-state index in [1.165, 1.54) is 10.8 Å². The van der Waals surface area contributed by atoms with E-state index in [0.717, 1.165) is 22.3 Å². The van der Waals surface area contributed by atoms with Crippen LogP contribution in [0.4, 0.5) is 0 Å². The Bertz CT molecular complexity index is 815. The molecular weight excluding hydrogens is 328 g/mol. The van der Waals surface area contributed by atoms with Crippen LogP contribution in [0.3, 0.4) is 0 Å². The van der Waals surface area contributed by atoms with E-state index in [0.29, 0.717) is 0 Å². The first kappa shape index (κ1) is 17.1. The Morgan fingerprint density at radius 2 is 0.792 bits per heavy atom. The first-order valence-electron chi connectivity index (χ1n) is 8.47. The maximum atomic E-state index is 6.54. The smallest absolute Gasteiger partial charge is 0.242 e. The van der Waals surface area contributed by atoms with Crippen molar-refractivity contribution in [3.63, 3.8) is 0 Å². The van der Waals surface area contributed by atoms with Gasteiger partial charge in [0, 0.05) is 10.8 Å². The maximum Gasteiger partial charge on any atom is 0.242 e. The highest BCUT2D eigenvalue weighted by molar-refractivity contribution is 6.71. The number of fused-ring (bicyclic) bond motifs is 3. The van der Waals surface area contributed by atoms with Gasteiger partial charge in [-0.2, -0.15) is 0 Å². The van der Waals surface area contributed by atoms with Gasteiger partial charge >= 0.3 is 0 Å². The fraction of sp³-hybridized carbons (Fsp3) is 0.300. The molecule has 24 heavy (non-hydrogen) atoms. The van der Waals surface area contributed by atoms with Gasteiger partial charge in [-0.15, -0.1) is 0 Å². The van der Waals surface area contributed by atoms with Crippen LogP contribution < -0.4 is 8.85 Å². The molecule has 0 aliphatic carbocycles. The van der Waals surface area contributed by atoms with Gasteiger partial charge < -0.3 is 8.85 Å². The Morgan fingerprint density at radius 1 is 0.500 bits per heavy atom. The average Bonchev–Trinajstić information content (AvgIpc) is 2.48. The molecule has 0 fully saturated rings. The molecule has 0 spiro atoms. The fourth-order valence-electron chi connectivity index (χ4n) is 2.89. The highest BCUT2D eigenvalue weighted by atomic mass is 28.4. The second-order valence-corrected chi connectivity index (χ2v) is 17.0. The molecule has 0 radical (unpaired) electrons. The highest BCUT2D eigenvalue weighted by Crippen LogP contribution is 2.45. The second-order valence-electron chi connectivity index (χ2n) is 8.18. The normalized spacial score (nSPS) is 12.6. The lowest BCUT2D eigenvalue weighted by atomic mass is 10.0. The quantitative estimate of drug-likeness (QED) is 0.397. The average molecular weight is 355 g/mol. The molecule has 0 bridgehead atoms. The van der Waals surface area contributed by atoms with Gasteiger partial charge in [0.15, 0.2) is 11.5 Å². The van der Waals surface area contributed by atoms with E-state index >= 15 is 0 Å². The van der Waals surface area contributed by atoms with Gasteiger partial charge in [-0.25, -0.2) is 0 Å². The zero-order valence-electron chi connectivity index (χ0n) is 15.4. The Labute approximate surface area is 146 Å². The van der Waals surface area contributed by atoms with Gasteiger partial charge in [0.25, 0.3) is 0 Å². The number of hydrogen-bond acceptors (Lipinski definition) is 2. The minimum absolute atomic E-state index is 0.922. The van der Waals surface area contributed by atoms with E-state index in [2.05, 4.69) is 87.8 Å². The molecule has 0 amide bonds. The second kappa shape index (κ2) is 5.94. The molecule has 0 heterocycles. The van der Waals surface area contributed by atoms with Crippen LogP contribution in [0.1, 0.15) is 0 Å². The van der Waals surface area contributed by atoms with Crippen LogP contribution >= 0.6 is 0 Å². The summed E-state index contributed by atoms with van der Waals surface area (Å²) in [6.07, 6.45) is 0. The van der Waals surface area contributed by atoms with Crippen molar-refractivity contribution >= 4 is 38.2 Å². The van der Waals surface area contributed by atoms with Gasteiger partial charge in [-0.05, 0) is 50.1 Å². The molecule has 0 N–H and O–H groups in total. The molecule has 3 aromatic carbocycles. The minimum atomic E-state index is -1.77. The lowest BCUT2D eigenvalue weighted by Crippen LogP contribution is -2.32. The molecule has 2 nitrogen and oxygen atoms in total. The largest absolute Gasteiger partial charge is 0.541 e. The Hall–Kier alpha value is -1.79. The Balaban J connectivity index is 2.43. The van der Waals surface area contributed by atoms with Crippen LogP contribution in [0.2, 0.25) is 39.3 Å². The molecule has 0 unspecified atom stereocenters. The van der Waals surface area contributed by atoms with Crippen molar-refractivity contribution in [2.45, 2.75) is 39.3 Å². The summed E-state index contributed by atoms with van der Waals surface area (Å²) in [5.41, 5.74) is 0. The number of benzene rings is 3. The lowest BCUT2D eigenvalue weighted by molar-refractivity contribution is 0.498. The molecule has 3 rings (SSSR count). The molecule has 0 aliphatic rings. The monoisotopic (exact) mass is 354 g/mol. The number of hydrogen-bond donors (Lipinski definition) is 0. The predicted molar refractivity (Wildman–Crippen MR) is 109 cm³/mol. The van der Waals surface area contributed by atoms with E-state index < -0.39 is 16.6 Å². The van der Waals surface area contributed by atoms with Gasteiger partial charge in [-0.1, -0.05) is 48.5 Å². The van der Waals surface area contributed by atoms with E-state index in [1.807, 2.05) is 0 Å². The molecule has 0 saturated carbocycles. The molecule has 0 aromatic heterocycles. The number of rotatable bonds is 4. The molecule has 0 atom stereocenters. The Morgan fingerprint density at radius 3 is 1.08 bits per heavy atom. The third-order valence-electron chi connectivity index (χ3n) is 3.66. The standard InChI is InChI=1S/C20H26O2Si2/c1-23(2,3)21-19-17-13-9-7-11-15(17)16-12-8-10-14-18(16)20(19)22-24(4,5)6/h7-14H,1-6H3. The van der Waals surface area contributed by atoms with Crippen molar-refractivity contribution in [1.29, 1.82) is 0 Å². The summed E-state index contributed by atoms with van der Waals surface area (Å²) in [6, 6.07) is 17.0. The summed E-state index contributed by atoms with van der Waals surface area (Å²) < 4.78 is 13.1. The predicted octanol–water partition coefficient (Wildman–Crippen LogP) is 6.42. The van der Waals surface area contributed by atoms with Crippen molar-refractivity contribution in [3.8, 4) is 11.5 Å². The minimum Gasteiger partial charge on any atom is -0.541 e. The van der Waals surface area contributed by atoms with Crippen LogP contribution in [0.5, 0.6) is 11.5 Å². The molecule has 3 aromatic rings. The van der Waals surface area contributed by atoms with E-state index in [1.54, 1.807) is 0 Å². The van der Waals surface area contributed by atoms with Gasteiger partial charge in [0.1, 0.15) is 0 Å². The van der Waals surface area contributed by atoms with Crippen molar-refractivity contribution in [2.24, 2.45) is 0 Å². The van der Waals surface area contributed by atoms with Crippen molar-refractivity contribution in [3.05, 3.63) is 48.5 Å². The summed E-state index contributed by atoms with van der Waals surface area (Å²) in [6.45, 7) is 13.3. The summed E-state index contributed by atoms with van der Waals surface area (Å²) in [7, 11) is -3.55. The molecule has 126 valence electrons. The zero-order valence-corrected chi connectivity index (χ0v) is 17.4. The SMILES string of the molecule is C[Si](C)(C)Oc1c(O[Si](C)(C)C)c2ccccc2c2ccccc12. The van der Waals surface area contributed by atoms with Crippen molar-refractivity contribution in [2.75, 3.05) is 0 Å². The van der Waals surface area contributed by atoms with Crippen molar-refractivity contribution < 1.29 is 8.85 Å². The first-order valence-corrected chi connectivity index (χ1v) is 15.3. The van der Waals surface area contributed by atoms with Crippen LogP contribution in [0, 0.1) is 0 Å². The van der Waals surface area contributed by atoms with Gasteiger partial charge in [-0.3, -0.25) is 0 Å². The van der Waals surface area contributed by atoms with Gasteiger partial charge in [0.05, 0.1) is 0 Å². The van der Waals surface area contributed by atoms with Crippen LogP contribution in [-0.4, -0.2) is 16.6 Å². The summed E-state index contributed by atoms with van der Waals surface area (Å²) in [5.74, 6) is 1.84. The Kier molecular flexibility index (Phi) is 4.22. The van der Waals surface area contributed by atoms with Crippen molar-refractivity contribution in [1.82, 2.24) is 0 Å². The van der Waals surface area contributed by atoms with Crippen LogP contribution in [0.15, 0.2) is 48.5 Å². The topological polar surface area (TPSA) is 18.5 Å². The maximum absolute atomic E-state index is 6.54. The van der Waals surface area contributed by atoms with E-state index in [9.17, 15) is 0 Å². The zero-order chi connectivity index (χ0) is 17.5. The molecule has 0 saturated heterocycles. The summed E-state index contributed by atoms with van der Waals surface area (Å²) >= 11 is 0. The molecule has 4 heteroatoms. The molecular formula is C20H26O2Si2. The van der Waals surface area contributed by atoms with E-state index in [4.69, 9.17) is 8.85 Å². The fourth-order valence-corrected chi connectivity index (χ4v) is 4.52. The summed E-state index contributed by atoms with van der Waals surface area (Å²) in [4.78, 5) is 0. The van der Waals surface area contributed by atoms with Crippen LogP contribution in [-0.2, 0) is 0 Å². The highest BCUT2D eigenvalue weighted by Gasteiger charge is 2.26. The third-order valence-corrected chi connectivity index (χ3v) is 5.29. The van der Waals surface area contributed by atoms with Crippen LogP contribution in [0.25, 0.3) is 21.5 Å². The van der Waals surface area contributed by atoms with Gasteiger partial charge in [0.2, 0.25) is 16.6 Å². The third kappa shape index (κ3) is 3.49. The van der Waals surface area contributed by atoms with E-state index in [-0.39, 0.29) is 0 Å².